The van der Waals surface area contributed by atoms with Crippen LogP contribution in [0.4, 0.5) is 11.4 Å². The minimum absolute atomic E-state index is 0.256. The van der Waals surface area contributed by atoms with Gasteiger partial charge in [0.1, 0.15) is 11.8 Å². The first-order valence-corrected chi connectivity index (χ1v) is 14.9. The molecule has 3 aromatic carbocycles. The van der Waals surface area contributed by atoms with Crippen molar-refractivity contribution in [1.82, 2.24) is 4.57 Å². The number of aromatic nitrogens is 1. The number of carbonyl (C=O) groups is 3. The van der Waals surface area contributed by atoms with Crippen molar-refractivity contribution in [1.29, 1.82) is 0 Å². The summed E-state index contributed by atoms with van der Waals surface area (Å²) in [4.78, 5) is 55.3. The van der Waals surface area contributed by atoms with Gasteiger partial charge in [-0.3, -0.25) is 23.7 Å². The van der Waals surface area contributed by atoms with Crippen molar-refractivity contribution in [3.05, 3.63) is 108 Å². The second-order valence-corrected chi connectivity index (χ2v) is 12.7. The van der Waals surface area contributed by atoms with E-state index >= 15 is 0 Å². The smallest absolute Gasteiger partial charge is 0.308 e. The van der Waals surface area contributed by atoms with Crippen LogP contribution in [0.15, 0.2) is 82.6 Å². The van der Waals surface area contributed by atoms with Gasteiger partial charge in [0.2, 0.25) is 17.7 Å². The molecule has 3 atom stereocenters. The molecule has 6 rings (SSSR count). The zero-order chi connectivity index (χ0) is 28.1. The van der Waals surface area contributed by atoms with Crippen LogP contribution in [0.25, 0.3) is 0 Å². The molecule has 3 heterocycles. The highest BCUT2D eigenvalue weighted by atomic mass is 35.5. The average Bonchev–Trinajstić information content (AvgIpc) is 3.37. The summed E-state index contributed by atoms with van der Waals surface area (Å²) in [6.45, 7) is -0.256. The number of nitrogens with zero attached hydrogens (tertiary/aromatic N) is 2. The lowest BCUT2D eigenvalue weighted by Gasteiger charge is -2.30. The fourth-order valence-electron chi connectivity index (χ4n) is 5.01. The van der Waals surface area contributed by atoms with Gasteiger partial charge in [0, 0.05) is 31.6 Å². The molecule has 3 amide bonds. The summed E-state index contributed by atoms with van der Waals surface area (Å²) in [5, 5.41) is 4.01. The lowest BCUT2D eigenvalue weighted by atomic mass is 9.83. The fourth-order valence-corrected chi connectivity index (χ4v) is 8.16. The molecule has 7 nitrogen and oxygen atoms in total. The number of anilines is 2. The topological polar surface area (TPSA) is 88.5 Å². The van der Waals surface area contributed by atoms with Crippen LogP contribution in [0.3, 0.4) is 0 Å². The third-order valence-corrected chi connectivity index (χ3v) is 10.2. The van der Waals surface area contributed by atoms with E-state index in [9.17, 15) is 19.2 Å². The molecule has 202 valence electrons. The molecule has 1 aromatic heterocycles. The molecule has 0 saturated carbocycles. The number of nitrogens with one attached hydrogen (secondary N) is 1. The summed E-state index contributed by atoms with van der Waals surface area (Å²) in [7, 11) is 0. The van der Waals surface area contributed by atoms with E-state index in [1.54, 1.807) is 72.8 Å². The molecule has 40 heavy (non-hydrogen) atoms. The molecule has 2 aliphatic heterocycles. The zero-order valence-corrected chi connectivity index (χ0v) is 24.2. The van der Waals surface area contributed by atoms with Crippen molar-refractivity contribution in [2.75, 3.05) is 10.2 Å². The Hall–Kier alpha value is -3.08. The lowest BCUT2D eigenvalue weighted by molar-refractivity contribution is -0.122. The van der Waals surface area contributed by atoms with Crippen LogP contribution in [0.1, 0.15) is 16.4 Å². The first-order chi connectivity index (χ1) is 19.2. The number of fused-ring (bicyclic) bond motifs is 2. The number of amides is 3. The van der Waals surface area contributed by atoms with E-state index in [2.05, 4.69) is 5.32 Å². The monoisotopic (exact) mass is 629 g/mol. The van der Waals surface area contributed by atoms with Gasteiger partial charge in [-0.25, -0.2) is 4.90 Å². The highest BCUT2D eigenvalue weighted by Gasteiger charge is 2.56. The number of benzene rings is 3. The summed E-state index contributed by atoms with van der Waals surface area (Å²) in [5.74, 6) is -2.49. The molecule has 0 aliphatic carbocycles. The Balaban J connectivity index is 1.40. The number of rotatable bonds is 5. The fraction of sp³-hybridized carbons (Fsp3) is 0.143. The van der Waals surface area contributed by atoms with Gasteiger partial charge in [0.05, 0.1) is 16.6 Å². The maximum Gasteiger partial charge on any atom is 0.308 e. The molecule has 2 aliphatic rings. The molecule has 12 heteroatoms. The van der Waals surface area contributed by atoms with Crippen LogP contribution in [0.2, 0.25) is 15.1 Å². The maximum absolute atomic E-state index is 13.9. The molecule has 1 fully saturated rings. The SMILES string of the molecule is O=C(Cn1c2c(sc1=O)[C@@H](c1ccc(Cl)cc1)[C@@H]1C(=O)N(c3ccc(Cl)cc3)C(=O)[C@@H]1S2)Nc1ccc(Cl)cc1. The van der Waals surface area contributed by atoms with Crippen LogP contribution in [-0.2, 0) is 20.9 Å². The summed E-state index contributed by atoms with van der Waals surface area (Å²) < 4.78 is 1.37. The number of halogens is 3. The number of hydrogen-bond acceptors (Lipinski definition) is 6. The van der Waals surface area contributed by atoms with Gasteiger partial charge in [-0.2, -0.15) is 0 Å². The molecular weight excluding hydrogens is 613 g/mol. The average molecular weight is 631 g/mol. The predicted molar refractivity (Wildman–Crippen MR) is 159 cm³/mol. The molecule has 0 radical (unpaired) electrons. The molecule has 1 N–H and O–H groups in total. The number of hydrogen-bond donors (Lipinski definition) is 1. The summed E-state index contributed by atoms with van der Waals surface area (Å²) >= 11 is 20.2. The highest BCUT2D eigenvalue weighted by molar-refractivity contribution is 8.00. The van der Waals surface area contributed by atoms with E-state index < -0.39 is 23.0 Å². The third-order valence-electron chi connectivity index (χ3n) is 6.79. The lowest BCUT2D eigenvalue weighted by Crippen LogP contribution is -2.33. The van der Waals surface area contributed by atoms with Crippen molar-refractivity contribution < 1.29 is 14.4 Å². The summed E-state index contributed by atoms with van der Waals surface area (Å²) in [6.07, 6.45) is 0. The van der Waals surface area contributed by atoms with Crippen LogP contribution in [0, 0.1) is 5.92 Å². The number of carbonyl (C=O) groups excluding carboxylic acids is 3. The zero-order valence-electron chi connectivity index (χ0n) is 20.3. The van der Waals surface area contributed by atoms with Crippen LogP contribution in [-0.4, -0.2) is 27.5 Å². The van der Waals surface area contributed by atoms with Crippen LogP contribution >= 0.6 is 57.9 Å². The second-order valence-electron chi connectivity index (χ2n) is 9.26. The van der Waals surface area contributed by atoms with E-state index in [4.69, 9.17) is 34.8 Å². The van der Waals surface area contributed by atoms with E-state index in [-0.39, 0.29) is 23.2 Å². The minimum Gasteiger partial charge on any atom is -0.325 e. The van der Waals surface area contributed by atoms with Gasteiger partial charge in [-0.05, 0) is 66.2 Å². The van der Waals surface area contributed by atoms with Crippen molar-refractivity contribution in [3.8, 4) is 0 Å². The number of thioether (sulfide) groups is 1. The van der Waals surface area contributed by atoms with Crippen molar-refractivity contribution in [2.24, 2.45) is 5.92 Å². The van der Waals surface area contributed by atoms with Gasteiger partial charge in [0.15, 0.2) is 0 Å². The Kier molecular flexibility index (Phi) is 7.27. The molecule has 1 saturated heterocycles. The van der Waals surface area contributed by atoms with Gasteiger partial charge in [-0.15, -0.1) is 0 Å². The Morgan fingerprint density at radius 2 is 1.38 bits per heavy atom. The first kappa shape index (κ1) is 27.1. The van der Waals surface area contributed by atoms with Crippen molar-refractivity contribution in [3.63, 3.8) is 0 Å². The standard InChI is InChI=1S/C28H18Cl3N3O4S2/c29-15-3-1-14(2-4-15)21-22-23(26(37)34(25(22)36)19-11-7-17(31)8-12-19)39-27-24(21)40-28(38)33(27)13-20(35)32-18-9-5-16(30)6-10-18/h1-12,21-23H,13H2,(H,32,35)/t21-,22-,23+/m0/s1. The minimum atomic E-state index is -0.795. The van der Waals surface area contributed by atoms with E-state index in [0.717, 1.165) is 28.7 Å². The normalized spacial score (nSPS) is 19.9. The Morgan fingerprint density at radius 1 is 0.800 bits per heavy atom. The van der Waals surface area contributed by atoms with E-state index in [1.165, 1.54) is 9.47 Å². The molecule has 4 aromatic rings. The molecule has 0 unspecified atom stereocenters. The molecule has 0 bridgehead atoms. The van der Waals surface area contributed by atoms with Gasteiger partial charge in [0.25, 0.3) is 0 Å². The summed E-state index contributed by atoms with van der Waals surface area (Å²) in [6, 6.07) is 20.2. The molecular formula is C28H18Cl3N3O4S2. The maximum atomic E-state index is 13.9. The number of imide groups is 1. The van der Waals surface area contributed by atoms with Gasteiger partial charge in [-0.1, -0.05) is 70.0 Å². The quantitative estimate of drug-likeness (QED) is 0.261. The van der Waals surface area contributed by atoms with E-state index in [0.29, 0.717) is 36.3 Å². The number of thiazole rings is 1. The van der Waals surface area contributed by atoms with Crippen LogP contribution < -0.4 is 15.1 Å². The van der Waals surface area contributed by atoms with Gasteiger partial charge >= 0.3 is 4.87 Å². The Labute approximate surface area is 251 Å². The van der Waals surface area contributed by atoms with Crippen molar-refractivity contribution in [2.45, 2.75) is 22.7 Å². The third kappa shape index (κ3) is 4.86. The Bertz CT molecular complexity index is 1700. The van der Waals surface area contributed by atoms with E-state index in [1.807, 2.05) is 0 Å². The second kappa shape index (κ2) is 10.7. The highest BCUT2D eigenvalue weighted by Crippen LogP contribution is 2.54. The van der Waals surface area contributed by atoms with Gasteiger partial charge < -0.3 is 5.32 Å². The molecule has 0 spiro atoms. The predicted octanol–water partition coefficient (Wildman–Crippen LogP) is 6.30. The first-order valence-electron chi connectivity index (χ1n) is 12.1. The summed E-state index contributed by atoms with van der Waals surface area (Å²) in [5.41, 5.74) is 1.71. The largest absolute Gasteiger partial charge is 0.325 e. The Morgan fingerprint density at radius 3 is 2.00 bits per heavy atom. The van der Waals surface area contributed by atoms with Crippen LogP contribution in [0.5, 0.6) is 0 Å². The van der Waals surface area contributed by atoms with Crippen molar-refractivity contribution >= 4 is 87.0 Å².